The average Bonchev–Trinajstić information content (AvgIpc) is 2.58. The third kappa shape index (κ3) is 2.49. The maximum Gasteiger partial charge on any atom is 0.341 e. The van der Waals surface area contributed by atoms with Gasteiger partial charge in [0.05, 0.1) is 23.5 Å². The number of halogens is 1. The lowest BCUT2D eigenvalue weighted by Crippen LogP contribution is -2.19. The second kappa shape index (κ2) is 5.14. The molecule has 1 rings (SSSR count). The summed E-state index contributed by atoms with van der Waals surface area (Å²) in [5.74, 6) is -0.713. The fraction of sp³-hybridized carbons (Fsp3) is 0.556. The second-order valence-corrected chi connectivity index (χ2v) is 3.26. The lowest BCUT2D eigenvalue weighted by molar-refractivity contribution is -0.153. The Balaban J connectivity index is 2.93. The Morgan fingerprint density at radius 2 is 2.40 bits per heavy atom. The van der Waals surface area contributed by atoms with Crippen molar-refractivity contribution in [3.8, 4) is 0 Å². The monoisotopic (exact) mass is 232 g/mol. The van der Waals surface area contributed by atoms with Crippen LogP contribution in [0.2, 0.25) is 5.02 Å². The second-order valence-electron chi connectivity index (χ2n) is 2.85. The molecule has 1 aromatic heterocycles. The van der Waals surface area contributed by atoms with Crippen molar-refractivity contribution < 1.29 is 14.6 Å². The van der Waals surface area contributed by atoms with E-state index in [2.05, 4.69) is 5.10 Å². The van der Waals surface area contributed by atoms with E-state index in [-0.39, 0.29) is 17.3 Å². The molecule has 0 aliphatic rings. The summed E-state index contributed by atoms with van der Waals surface area (Å²) in [7, 11) is 0. The number of hydrogen-bond acceptors (Lipinski definition) is 4. The van der Waals surface area contributed by atoms with Crippen LogP contribution in [0.25, 0.3) is 0 Å². The van der Waals surface area contributed by atoms with Crippen molar-refractivity contribution in [3.05, 3.63) is 16.9 Å². The molecule has 0 saturated carbocycles. The van der Waals surface area contributed by atoms with E-state index >= 15 is 0 Å². The Morgan fingerprint density at radius 1 is 1.73 bits per heavy atom. The van der Waals surface area contributed by atoms with Crippen molar-refractivity contribution >= 4 is 17.6 Å². The number of aliphatic hydroxyl groups excluding tert-OH is 1. The van der Waals surface area contributed by atoms with Crippen molar-refractivity contribution in [2.24, 2.45) is 0 Å². The van der Waals surface area contributed by atoms with E-state index in [1.807, 2.05) is 6.92 Å². The molecular formula is C9H13ClN2O3. The number of rotatable bonds is 4. The Bertz CT molecular complexity index is 351. The largest absolute Gasteiger partial charge is 0.464 e. The zero-order valence-electron chi connectivity index (χ0n) is 8.61. The normalized spacial score (nSPS) is 12.5. The van der Waals surface area contributed by atoms with Crippen LogP contribution in [-0.2, 0) is 16.1 Å². The molecule has 15 heavy (non-hydrogen) atoms. The van der Waals surface area contributed by atoms with Crippen molar-refractivity contribution in [1.82, 2.24) is 9.78 Å². The van der Waals surface area contributed by atoms with Gasteiger partial charge in [-0.3, -0.25) is 4.68 Å². The number of carbonyl (C=O) groups is 1. The molecule has 0 amide bonds. The Labute approximate surface area is 92.6 Å². The standard InChI is InChI=1S/C9H13ClN2O3/c1-3-12-7(6(10)5-11-12)8(13)9(14)15-4-2/h5,8,13H,3-4H2,1-2H3. The van der Waals surface area contributed by atoms with Gasteiger partial charge in [-0.05, 0) is 13.8 Å². The van der Waals surface area contributed by atoms with Crippen molar-refractivity contribution in [1.29, 1.82) is 0 Å². The SMILES string of the molecule is CCOC(=O)C(O)c1c(Cl)cnn1CC. The summed E-state index contributed by atoms with van der Waals surface area (Å²) < 4.78 is 6.16. The smallest absolute Gasteiger partial charge is 0.341 e. The van der Waals surface area contributed by atoms with Crippen LogP contribution in [0.15, 0.2) is 6.20 Å². The highest BCUT2D eigenvalue weighted by atomic mass is 35.5. The minimum atomic E-state index is -1.38. The molecule has 0 aliphatic heterocycles. The lowest BCUT2D eigenvalue weighted by atomic mass is 10.2. The maximum absolute atomic E-state index is 11.3. The lowest BCUT2D eigenvalue weighted by Gasteiger charge is -2.11. The fourth-order valence-electron chi connectivity index (χ4n) is 1.23. The van der Waals surface area contributed by atoms with E-state index in [0.29, 0.717) is 6.54 Å². The van der Waals surface area contributed by atoms with Gasteiger partial charge in [0.15, 0.2) is 6.10 Å². The molecule has 1 aromatic rings. The Kier molecular flexibility index (Phi) is 4.11. The molecule has 0 bridgehead atoms. The van der Waals surface area contributed by atoms with Gasteiger partial charge in [-0.15, -0.1) is 0 Å². The summed E-state index contributed by atoms with van der Waals surface area (Å²) in [6.07, 6.45) is 0.0166. The zero-order valence-corrected chi connectivity index (χ0v) is 9.36. The number of ether oxygens (including phenoxy) is 1. The molecule has 5 nitrogen and oxygen atoms in total. The highest BCUT2D eigenvalue weighted by Crippen LogP contribution is 2.23. The molecule has 0 spiro atoms. The van der Waals surface area contributed by atoms with Gasteiger partial charge in [-0.2, -0.15) is 5.10 Å². The first-order valence-corrected chi connectivity index (χ1v) is 5.05. The molecule has 0 radical (unpaired) electrons. The summed E-state index contributed by atoms with van der Waals surface area (Å²) in [6.45, 7) is 4.25. The number of nitrogens with zero attached hydrogens (tertiary/aromatic N) is 2. The molecule has 0 fully saturated rings. The summed E-state index contributed by atoms with van der Waals surface area (Å²) in [5.41, 5.74) is 0.276. The van der Waals surface area contributed by atoms with Gasteiger partial charge in [0.1, 0.15) is 0 Å². The molecule has 1 N–H and O–H groups in total. The molecule has 0 aliphatic carbocycles. The van der Waals surface area contributed by atoms with E-state index in [1.54, 1.807) is 6.92 Å². The molecule has 1 unspecified atom stereocenters. The van der Waals surface area contributed by atoms with Crippen LogP contribution in [0.5, 0.6) is 0 Å². The van der Waals surface area contributed by atoms with E-state index in [0.717, 1.165) is 0 Å². The van der Waals surface area contributed by atoms with E-state index in [4.69, 9.17) is 16.3 Å². The summed E-state index contributed by atoms with van der Waals surface area (Å²) in [6, 6.07) is 0. The van der Waals surface area contributed by atoms with Gasteiger partial charge in [0.25, 0.3) is 0 Å². The van der Waals surface area contributed by atoms with E-state index in [9.17, 15) is 9.90 Å². The fourth-order valence-corrected chi connectivity index (χ4v) is 1.47. The zero-order chi connectivity index (χ0) is 11.4. The highest BCUT2D eigenvalue weighted by Gasteiger charge is 2.25. The van der Waals surface area contributed by atoms with E-state index in [1.165, 1.54) is 10.9 Å². The third-order valence-electron chi connectivity index (χ3n) is 1.90. The predicted octanol–water partition coefficient (Wildman–Crippen LogP) is 1.15. The van der Waals surface area contributed by atoms with Crippen LogP contribution in [0.4, 0.5) is 0 Å². The van der Waals surface area contributed by atoms with Gasteiger partial charge in [-0.1, -0.05) is 11.6 Å². The average molecular weight is 233 g/mol. The quantitative estimate of drug-likeness (QED) is 0.791. The highest BCUT2D eigenvalue weighted by molar-refractivity contribution is 6.31. The van der Waals surface area contributed by atoms with E-state index < -0.39 is 12.1 Å². The minimum absolute atomic E-state index is 0.216. The van der Waals surface area contributed by atoms with Crippen LogP contribution in [0, 0.1) is 0 Å². The first-order valence-electron chi connectivity index (χ1n) is 4.67. The molecule has 84 valence electrons. The van der Waals surface area contributed by atoms with Gasteiger partial charge < -0.3 is 9.84 Å². The van der Waals surface area contributed by atoms with Gasteiger partial charge in [0.2, 0.25) is 0 Å². The minimum Gasteiger partial charge on any atom is -0.464 e. The van der Waals surface area contributed by atoms with Crippen molar-refractivity contribution in [2.75, 3.05) is 6.61 Å². The van der Waals surface area contributed by atoms with Crippen LogP contribution in [0.3, 0.4) is 0 Å². The Hall–Kier alpha value is -1.07. The molecule has 0 saturated heterocycles. The molecule has 6 heteroatoms. The predicted molar refractivity (Wildman–Crippen MR) is 54.5 cm³/mol. The molecule has 1 atom stereocenters. The summed E-state index contributed by atoms with van der Waals surface area (Å²) in [4.78, 5) is 11.3. The number of aromatic nitrogens is 2. The van der Waals surface area contributed by atoms with Gasteiger partial charge in [-0.25, -0.2) is 4.79 Å². The number of hydrogen-bond donors (Lipinski definition) is 1. The molecular weight excluding hydrogens is 220 g/mol. The maximum atomic E-state index is 11.3. The van der Waals surface area contributed by atoms with Crippen LogP contribution in [0.1, 0.15) is 25.6 Å². The Morgan fingerprint density at radius 3 is 2.93 bits per heavy atom. The first-order chi connectivity index (χ1) is 7.11. The molecule has 1 heterocycles. The van der Waals surface area contributed by atoms with Gasteiger partial charge in [0, 0.05) is 6.54 Å². The number of carbonyl (C=O) groups excluding carboxylic acids is 1. The summed E-state index contributed by atoms with van der Waals surface area (Å²) >= 11 is 5.81. The van der Waals surface area contributed by atoms with Crippen molar-refractivity contribution in [3.63, 3.8) is 0 Å². The topological polar surface area (TPSA) is 64.3 Å². The molecule has 0 aromatic carbocycles. The van der Waals surface area contributed by atoms with Crippen LogP contribution in [-0.4, -0.2) is 27.5 Å². The number of esters is 1. The number of aryl methyl sites for hydroxylation is 1. The van der Waals surface area contributed by atoms with Gasteiger partial charge >= 0.3 is 5.97 Å². The third-order valence-corrected chi connectivity index (χ3v) is 2.19. The van der Waals surface area contributed by atoms with Crippen LogP contribution >= 0.6 is 11.6 Å². The summed E-state index contributed by atoms with van der Waals surface area (Å²) in [5, 5.41) is 13.9. The van der Waals surface area contributed by atoms with Crippen molar-refractivity contribution in [2.45, 2.75) is 26.5 Å². The first kappa shape index (κ1) is 12.0. The number of aliphatic hydroxyl groups is 1. The van der Waals surface area contributed by atoms with Crippen LogP contribution < -0.4 is 0 Å².